The lowest BCUT2D eigenvalue weighted by Gasteiger charge is -2.26. The summed E-state index contributed by atoms with van der Waals surface area (Å²) in [7, 11) is 0. The predicted octanol–water partition coefficient (Wildman–Crippen LogP) is 4.68. The number of nitrogens with one attached hydrogen (secondary N) is 1. The Bertz CT molecular complexity index is 1080. The van der Waals surface area contributed by atoms with E-state index in [2.05, 4.69) is 5.32 Å². The van der Waals surface area contributed by atoms with Crippen molar-refractivity contribution >= 4 is 34.4 Å². The molecule has 3 aliphatic rings. The van der Waals surface area contributed by atoms with Crippen LogP contribution in [0.15, 0.2) is 29.3 Å². The van der Waals surface area contributed by atoms with Gasteiger partial charge in [0.25, 0.3) is 11.8 Å². The summed E-state index contributed by atoms with van der Waals surface area (Å²) < 4.78 is 11.0. The van der Waals surface area contributed by atoms with E-state index in [0.29, 0.717) is 32.1 Å². The highest BCUT2D eigenvalue weighted by atomic mass is 32.1. The van der Waals surface area contributed by atoms with E-state index in [9.17, 15) is 9.59 Å². The zero-order chi connectivity index (χ0) is 24.7. The molecule has 2 aliphatic carbocycles. The summed E-state index contributed by atoms with van der Waals surface area (Å²) in [5.41, 5.74) is 2.92. The first-order chi connectivity index (χ1) is 17.7. The van der Waals surface area contributed by atoms with E-state index in [4.69, 9.17) is 14.5 Å². The van der Waals surface area contributed by atoms with Gasteiger partial charge in [-0.3, -0.25) is 9.59 Å². The Hall–Kier alpha value is -2.71. The molecule has 1 aromatic carbocycles. The summed E-state index contributed by atoms with van der Waals surface area (Å²) >= 11 is 1.67. The van der Waals surface area contributed by atoms with Crippen LogP contribution >= 0.6 is 11.3 Å². The molecule has 0 radical (unpaired) electrons. The molecule has 5 rings (SSSR count). The SMILES string of the molecule is O=C(NC1CCCCC1)c1c(N=Cc2ccc(OCC(=O)N3CCOCC3)cc2)sc2c1CCCC2. The van der Waals surface area contributed by atoms with E-state index in [1.54, 1.807) is 16.2 Å². The van der Waals surface area contributed by atoms with Crippen LogP contribution in [-0.4, -0.2) is 61.9 Å². The second-order valence-corrected chi connectivity index (χ2v) is 10.9. The Labute approximate surface area is 216 Å². The van der Waals surface area contributed by atoms with E-state index in [1.165, 1.54) is 36.1 Å². The molecule has 0 unspecified atom stereocenters. The second-order valence-electron chi connectivity index (χ2n) is 9.81. The Morgan fingerprint density at radius 3 is 2.58 bits per heavy atom. The molecule has 2 heterocycles. The lowest BCUT2D eigenvalue weighted by atomic mass is 9.93. The smallest absolute Gasteiger partial charge is 0.260 e. The standard InChI is InChI=1S/C28H35N3O4S/c32-25(31-14-16-34-17-15-31)19-35-22-12-10-20(11-13-22)18-29-28-26(23-8-4-5-9-24(23)36-28)27(33)30-21-6-2-1-3-7-21/h10-13,18,21H,1-9,14-17,19H2,(H,30,33). The van der Waals surface area contributed by atoms with Crippen molar-refractivity contribution in [1.29, 1.82) is 0 Å². The van der Waals surface area contributed by atoms with Crippen LogP contribution in [0.1, 0.15) is 71.3 Å². The van der Waals surface area contributed by atoms with Crippen LogP contribution < -0.4 is 10.1 Å². The topological polar surface area (TPSA) is 80.2 Å². The minimum absolute atomic E-state index is 0.0215. The second kappa shape index (κ2) is 12.0. The van der Waals surface area contributed by atoms with Gasteiger partial charge in [0.05, 0.1) is 18.8 Å². The van der Waals surface area contributed by atoms with Crippen molar-refractivity contribution in [3.05, 3.63) is 45.8 Å². The van der Waals surface area contributed by atoms with Crippen LogP contribution in [0.3, 0.4) is 0 Å². The number of benzene rings is 1. The highest BCUT2D eigenvalue weighted by molar-refractivity contribution is 7.16. The minimum atomic E-state index is -0.0235. The third kappa shape index (κ3) is 6.16. The molecule has 1 saturated carbocycles. The van der Waals surface area contributed by atoms with Crippen molar-refractivity contribution in [3.63, 3.8) is 0 Å². The maximum atomic E-state index is 13.3. The molecule has 0 atom stereocenters. The first-order valence-electron chi connectivity index (χ1n) is 13.3. The van der Waals surface area contributed by atoms with Gasteiger partial charge in [0.2, 0.25) is 0 Å². The van der Waals surface area contributed by atoms with Crippen LogP contribution in [0.5, 0.6) is 5.75 Å². The molecular weight excluding hydrogens is 474 g/mol. The van der Waals surface area contributed by atoms with Crippen LogP contribution in [0.4, 0.5) is 5.00 Å². The van der Waals surface area contributed by atoms with Gasteiger partial charge >= 0.3 is 0 Å². The number of morpholine rings is 1. The fourth-order valence-electron chi connectivity index (χ4n) is 5.21. The van der Waals surface area contributed by atoms with Crippen molar-refractivity contribution in [2.24, 2.45) is 4.99 Å². The maximum absolute atomic E-state index is 13.3. The Morgan fingerprint density at radius 2 is 1.81 bits per heavy atom. The van der Waals surface area contributed by atoms with Gasteiger partial charge in [0.1, 0.15) is 10.8 Å². The van der Waals surface area contributed by atoms with Crippen molar-refractivity contribution in [1.82, 2.24) is 10.2 Å². The van der Waals surface area contributed by atoms with Crippen molar-refractivity contribution in [2.75, 3.05) is 32.9 Å². The van der Waals surface area contributed by atoms with Gasteiger partial charge in [-0.1, -0.05) is 19.3 Å². The Balaban J connectivity index is 1.24. The molecule has 1 N–H and O–H groups in total. The minimum Gasteiger partial charge on any atom is -0.484 e. The summed E-state index contributed by atoms with van der Waals surface area (Å²) in [4.78, 5) is 33.5. The number of amides is 2. The maximum Gasteiger partial charge on any atom is 0.260 e. The third-order valence-corrected chi connectivity index (χ3v) is 8.46. The molecule has 0 spiro atoms. The van der Waals surface area contributed by atoms with Crippen LogP contribution in [-0.2, 0) is 22.4 Å². The molecule has 1 aliphatic heterocycles. The van der Waals surface area contributed by atoms with E-state index in [-0.39, 0.29) is 24.5 Å². The highest BCUT2D eigenvalue weighted by Crippen LogP contribution is 2.40. The average molecular weight is 510 g/mol. The van der Waals surface area contributed by atoms with Gasteiger partial charge < -0.3 is 19.7 Å². The van der Waals surface area contributed by atoms with Crippen LogP contribution in [0.25, 0.3) is 0 Å². The molecule has 7 nitrogen and oxygen atoms in total. The average Bonchev–Trinajstić information content (AvgIpc) is 3.31. The molecular formula is C28H35N3O4S. The summed E-state index contributed by atoms with van der Waals surface area (Å²) in [6, 6.07) is 7.83. The number of aliphatic imine (C=N–C) groups is 1. The molecule has 8 heteroatoms. The predicted molar refractivity (Wildman–Crippen MR) is 142 cm³/mol. The zero-order valence-corrected chi connectivity index (χ0v) is 21.6. The summed E-state index contributed by atoms with van der Waals surface area (Å²) in [6.07, 6.45) is 11.9. The number of nitrogens with zero attached hydrogens (tertiary/aromatic N) is 2. The molecule has 2 aromatic rings. The Kier molecular flexibility index (Phi) is 8.33. The summed E-state index contributed by atoms with van der Waals surface area (Å²) in [5.74, 6) is 0.666. The van der Waals surface area contributed by atoms with Gasteiger partial charge in [-0.15, -0.1) is 11.3 Å². The first kappa shape index (κ1) is 25.0. The number of carbonyl (C=O) groups is 2. The molecule has 36 heavy (non-hydrogen) atoms. The number of carbonyl (C=O) groups excluding carboxylic acids is 2. The lowest BCUT2D eigenvalue weighted by Crippen LogP contribution is -2.42. The third-order valence-electron chi connectivity index (χ3n) is 7.26. The number of thiophene rings is 1. The van der Waals surface area contributed by atoms with Gasteiger partial charge in [0.15, 0.2) is 6.61 Å². The summed E-state index contributed by atoms with van der Waals surface area (Å²) in [5, 5.41) is 4.12. The number of hydrogen-bond donors (Lipinski definition) is 1. The quantitative estimate of drug-likeness (QED) is 0.550. The molecule has 0 bridgehead atoms. The lowest BCUT2D eigenvalue weighted by molar-refractivity contribution is -0.137. The molecule has 1 aromatic heterocycles. The van der Waals surface area contributed by atoms with Crippen LogP contribution in [0.2, 0.25) is 0 Å². The van der Waals surface area contributed by atoms with E-state index in [1.807, 2.05) is 30.5 Å². The monoisotopic (exact) mass is 509 g/mol. The summed E-state index contributed by atoms with van der Waals surface area (Å²) in [6.45, 7) is 2.41. The first-order valence-corrected chi connectivity index (χ1v) is 14.1. The molecule has 2 amide bonds. The molecule has 2 fully saturated rings. The number of aryl methyl sites for hydroxylation is 1. The van der Waals surface area contributed by atoms with Crippen molar-refractivity contribution < 1.29 is 19.1 Å². The number of ether oxygens (including phenoxy) is 2. The Morgan fingerprint density at radius 1 is 1.06 bits per heavy atom. The van der Waals surface area contributed by atoms with Gasteiger partial charge in [-0.05, 0) is 73.9 Å². The van der Waals surface area contributed by atoms with E-state index < -0.39 is 0 Å². The van der Waals surface area contributed by atoms with Gasteiger partial charge in [-0.25, -0.2) is 4.99 Å². The van der Waals surface area contributed by atoms with Crippen molar-refractivity contribution in [3.8, 4) is 5.75 Å². The van der Waals surface area contributed by atoms with E-state index in [0.717, 1.165) is 48.2 Å². The number of rotatable bonds is 7. The van der Waals surface area contributed by atoms with Crippen molar-refractivity contribution in [2.45, 2.75) is 63.8 Å². The molecule has 1 saturated heterocycles. The van der Waals surface area contributed by atoms with Gasteiger partial charge in [0, 0.05) is 30.2 Å². The largest absolute Gasteiger partial charge is 0.484 e. The number of hydrogen-bond acceptors (Lipinski definition) is 6. The molecule has 192 valence electrons. The zero-order valence-electron chi connectivity index (χ0n) is 20.8. The fourth-order valence-corrected chi connectivity index (χ4v) is 6.44. The highest BCUT2D eigenvalue weighted by Gasteiger charge is 2.27. The fraction of sp³-hybridized carbons (Fsp3) is 0.536. The van der Waals surface area contributed by atoms with Crippen LogP contribution in [0, 0.1) is 0 Å². The van der Waals surface area contributed by atoms with E-state index >= 15 is 0 Å². The normalized spacial score (nSPS) is 18.7. The van der Waals surface area contributed by atoms with Gasteiger partial charge in [-0.2, -0.15) is 0 Å². The number of fused-ring (bicyclic) bond motifs is 1.